The molecule has 2 atom stereocenters. The second-order valence-corrected chi connectivity index (χ2v) is 9.60. The molecule has 0 N–H and O–H groups in total. The number of hydrogen-bond donors (Lipinski definition) is 0. The number of carbonyl (C=O) groups is 3. The molecular formula is C26H30FN3O5S. The molecule has 2 unspecified atom stereocenters. The summed E-state index contributed by atoms with van der Waals surface area (Å²) in [6, 6.07) is 5.40. The minimum atomic E-state index is -0.682. The van der Waals surface area contributed by atoms with Gasteiger partial charge in [-0.15, -0.1) is 0 Å². The van der Waals surface area contributed by atoms with Gasteiger partial charge in [-0.25, -0.2) is 14.2 Å². The summed E-state index contributed by atoms with van der Waals surface area (Å²) in [5, 5.41) is 2.48. The van der Waals surface area contributed by atoms with Gasteiger partial charge in [0.15, 0.2) is 5.17 Å². The maximum absolute atomic E-state index is 14.3. The Balaban J connectivity index is 1.62. The summed E-state index contributed by atoms with van der Waals surface area (Å²) < 4.78 is 24.5. The number of fused-ring (bicyclic) bond motifs is 1. The van der Waals surface area contributed by atoms with Crippen LogP contribution in [0, 0.1) is 11.7 Å². The highest BCUT2D eigenvalue weighted by Crippen LogP contribution is 2.45. The number of methoxy groups -OCH3 is 1. The van der Waals surface area contributed by atoms with Crippen LogP contribution in [0.5, 0.6) is 0 Å². The number of esters is 2. The third kappa shape index (κ3) is 5.18. The minimum absolute atomic E-state index is 0.0588. The van der Waals surface area contributed by atoms with Crippen molar-refractivity contribution in [2.24, 2.45) is 10.9 Å². The van der Waals surface area contributed by atoms with Crippen molar-refractivity contribution in [3.05, 3.63) is 58.0 Å². The Bertz CT molecular complexity index is 1150. The molecule has 0 radical (unpaired) electrons. The number of nitrogens with zero attached hydrogens (tertiary/aromatic N) is 3. The first-order chi connectivity index (χ1) is 17.4. The predicted octanol–water partition coefficient (Wildman–Crippen LogP) is 4.16. The number of amides is 1. The number of thioether (sulfide) groups is 1. The molecule has 36 heavy (non-hydrogen) atoms. The van der Waals surface area contributed by atoms with E-state index in [2.05, 4.69) is 4.99 Å². The number of rotatable bonds is 7. The zero-order valence-corrected chi connectivity index (χ0v) is 21.5. The van der Waals surface area contributed by atoms with Gasteiger partial charge in [-0.1, -0.05) is 30.8 Å². The van der Waals surface area contributed by atoms with Crippen molar-refractivity contribution in [1.29, 1.82) is 0 Å². The normalized spacial score (nSPS) is 21.6. The number of halogens is 1. The molecule has 10 heteroatoms. The third-order valence-electron chi connectivity index (χ3n) is 6.52. The first kappa shape index (κ1) is 25.9. The van der Waals surface area contributed by atoms with Gasteiger partial charge in [0.05, 0.1) is 43.4 Å². The van der Waals surface area contributed by atoms with E-state index in [0.29, 0.717) is 60.2 Å². The minimum Gasteiger partial charge on any atom is -0.466 e. The molecular weight excluding hydrogens is 485 g/mol. The SMILES string of the molecule is CCOC(=O)C1CCCN(C(=O)CC2=CSC3=NC(CC)=C(C(=O)OC)C(c4cccc(F)c4)N23)C1. The zero-order valence-electron chi connectivity index (χ0n) is 20.7. The van der Waals surface area contributed by atoms with Gasteiger partial charge in [0.1, 0.15) is 5.82 Å². The van der Waals surface area contributed by atoms with Crippen molar-refractivity contribution in [2.45, 2.75) is 45.6 Å². The molecule has 192 valence electrons. The standard InChI is InChI=1S/C26H30FN3O5S/c1-4-20-22(25(33)34-3)23(16-8-6-10-18(27)12-16)30-19(15-36-26(30)28-20)13-21(31)29-11-7-9-17(14-29)24(32)35-5-2/h6,8,10,12,15,17,23H,4-5,7,9,11,13-14H2,1-3H3. The molecule has 0 bridgehead atoms. The van der Waals surface area contributed by atoms with E-state index in [1.807, 2.05) is 17.2 Å². The summed E-state index contributed by atoms with van der Waals surface area (Å²) in [7, 11) is 1.31. The van der Waals surface area contributed by atoms with Gasteiger partial charge in [0.25, 0.3) is 0 Å². The summed E-state index contributed by atoms with van der Waals surface area (Å²) in [6.07, 6.45) is 1.97. The maximum Gasteiger partial charge on any atom is 0.338 e. The Kier molecular flexibility index (Phi) is 8.13. The molecule has 3 aliphatic heterocycles. The van der Waals surface area contributed by atoms with E-state index in [9.17, 15) is 18.8 Å². The summed E-state index contributed by atoms with van der Waals surface area (Å²) in [5.41, 5.74) is 2.13. The molecule has 0 aromatic heterocycles. The molecule has 4 rings (SSSR count). The van der Waals surface area contributed by atoms with Crippen LogP contribution in [0.2, 0.25) is 0 Å². The van der Waals surface area contributed by atoms with Crippen LogP contribution in [0.25, 0.3) is 0 Å². The van der Waals surface area contributed by atoms with Crippen LogP contribution in [-0.2, 0) is 23.9 Å². The lowest BCUT2D eigenvalue weighted by atomic mass is 9.92. The molecule has 1 amide bonds. The summed E-state index contributed by atoms with van der Waals surface area (Å²) in [6.45, 7) is 4.86. The van der Waals surface area contributed by atoms with E-state index in [1.54, 1.807) is 24.0 Å². The summed E-state index contributed by atoms with van der Waals surface area (Å²) in [5.74, 6) is -1.70. The van der Waals surface area contributed by atoms with Gasteiger partial charge < -0.3 is 19.3 Å². The highest BCUT2D eigenvalue weighted by atomic mass is 32.2. The second-order valence-electron chi connectivity index (χ2n) is 8.76. The molecule has 0 saturated carbocycles. The number of likely N-dealkylation sites (tertiary alicyclic amines) is 1. The van der Waals surface area contributed by atoms with E-state index in [1.165, 1.54) is 31.0 Å². The Morgan fingerprint density at radius 2 is 2.06 bits per heavy atom. The number of allylic oxidation sites excluding steroid dienone is 1. The van der Waals surface area contributed by atoms with Crippen LogP contribution in [-0.4, -0.2) is 59.6 Å². The van der Waals surface area contributed by atoms with Gasteiger partial charge in [-0.3, -0.25) is 9.59 Å². The van der Waals surface area contributed by atoms with Crippen LogP contribution >= 0.6 is 11.8 Å². The van der Waals surface area contributed by atoms with Crippen molar-refractivity contribution in [2.75, 3.05) is 26.8 Å². The van der Waals surface area contributed by atoms with Crippen LogP contribution in [0.3, 0.4) is 0 Å². The topological polar surface area (TPSA) is 88.5 Å². The van der Waals surface area contributed by atoms with Gasteiger partial charge in [-0.2, -0.15) is 0 Å². The smallest absolute Gasteiger partial charge is 0.338 e. The number of aliphatic imine (C=N–C) groups is 1. The first-order valence-corrected chi connectivity index (χ1v) is 13.0. The summed E-state index contributed by atoms with van der Waals surface area (Å²) in [4.78, 5) is 46.7. The lowest BCUT2D eigenvalue weighted by Gasteiger charge is -2.37. The average molecular weight is 516 g/mol. The van der Waals surface area contributed by atoms with Crippen molar-refractivity contribution in [3.63, 3.8) is 0 Å². The number of piperidine rings is 1. The lowest BCUT2D eigenvalue weighted by Crippen LogP contribution is -2.44. The Hall–Kier alpha value is -3.14. The fraction of sp³-hybridized carbons (Fsp3) is 0.462. The zero-order chi connectivity index (χ0) is 25.8. The van der Waals surface area contributed by atoms with Gasteiger partial charge in [0, 0.05) is 18.8 Å². The first-order valence-electron chi connectivity index (χ1n) is 12.1. The highest BCUT2D eigenvalue weighted by Gasteiger charge is 2.42. The number of amidine groups is 1. The quantitative estimate of drug-likeness (QED) is 0.504. The third-order valence-corrected chi connectivity index (χ3v) is 7.41. The van der Waals surface area contributed by atoms with E-state index in [0.717, 1.165) is 6.42 Å². The van der Waals surface area contributed by atoms with E-state index >= 15 is 0 Å². The molecule has 3 heterocycles. The van der Waals surface area contributed by atoms with E-state index < -0.39 is 17.8 Å². The number of ether oxygens (including phenoxy) is 2. The molecule has 3 aliphatic rings. The van der Waals surface area contributed by atoms with Crippen LogP contribution < -0.4 is 0 Å². The number of benzene rings is 1. The lowest BCUT2D eigenvalue weighted by molar-refractivity contribution is -0.151. The molecule has 1 fully saturated rings. The number of carbonyl (C=O) groups excluding carboxylic acids is 3. The van der Waals surface area contributed by atoms with Crippen LogP contribution in [0.1, 0.15) is 51.1 Å². The fourth-order valence-electron chi connectivity index (χ4n) is 4.83. The van der Waals surface area contributed by atoms with Gasteiger partial charge in [0.2, 0.25) is 5.91 Å². The highest BCUT2D eigenvalue weighted by molar-refractivity contribution is 8.16. The Morgan fingerprint density at radius 1 is 1.25 bits per heavy atom. The van der Waals surface area contributed by atoms with Crippen molar-refractivity contribution in [1.82, 2.24) is 9.80 Å². The van der Waals surface area contributed by atoms with Crippen LogP contribution in [0.15, 0.2) is 51.6 Å². The Morgan fingerprint density at radius 3 is 2.75 bits per heavy atom. The van der Waals surface area contributed by atoms with Gasteiger partial charge >= 0.3 is 11.9 Å². The fourth-order valence-corrected chi connectivity index (χ4v) is 5.76. The Labute approximate surface area is 214 Å². The molecule has 1 aromatic carbocycles. The van der Waals surface area contributed by atoms with E-state index in [-0.39, 0.29) is 24.2 Å². The van der Waals surface area contributed by atoms with Crippen molar-refractivity contribution < 1.29 is 28.2 Å². The molecule has 1 saturated heterocycles. The summed E-state index contributed by atoms with van der Waals surface area (Å²) >= 11 is 1.37. The number of hydrogen-bond acceptors (Lipinski definition) is 8. The second kappa shape index (κ2) is 11.3. The molecule has 0 aliphatic carbocycles. The average Bonchev–Trinajstić information content (AvgIpc) is 3.29. The largest absolute Gasteiger partial charge is 0.466 e. The molecule has 8 nitrogen and oxygen atoms in total. The van der Waals surface area contributed by atoms with Crippen molar-refractivity contribution in [3.8, 4) is 0 Å². The maximum atomic E-state index is 14.3. The van der Waals surface area contributed by atoms with E-state index in [4.69, 9.17) is 9.47 Å². The van der Waals surface area contributed by atoms with Crippen molar-refractivity contribution >= 4 is 34.8 Å². The van der Waals surface area contributed by atoms with Gasteiger partial charge in [-0.05, 0) is 49.3 Å². The predicted molar refractivity (Wildman–Crippen MR) is 134 cm³/mol. The molecule has 1 aromatic rings. The van der Waals surface area contributed by atoms with Crippen LogP contribution in [0.4, 0.5) is 4.39 Å². The monoisotopic (exact) mass is 515 g/mol. The molecule has 0 spiro atoms.